The molecule has 152 valence electrons. The summed E-state index contributed by atoms with van der Waals surface area (Å²) < 4.78 is 71.3. The van der Waals surface area contributed by atoms with Gasteiger partial charge in [-0.25, -0.2) is 8.42 Å². The number of halogens is 3. The lowest BCUT2D eigenvalue weighted by Crippen LogP contribution is -2.16. The number of sulfonamides is 1. The molecular weight excluding hydrogens is 415 g/mol. The van der Waals surface area contributed by atoms with Crippen molar-refractivity contribution in [1.82, 2.24) is 4.98 Å². The van der Waals surface area contributed by atoms with Crippen molar-refractivity contribution in [2.75, 3.05) is 11.8 Å². The molecule has 0 aliphatic carbocycles. The van der Waals surface area contributed by atoms with Crippen molar-refractivity contribution in [2.24, 2.45) is 0 Å². The lowest BCUT2D eigenvalue weighted by atomic mass is 10.2. The number of nitro groups is 1. The van der Waals surface area contributed by atoms with Gasteiger partial charge >= 0.3 is 6.18 Å². The Morgan fingerprint density at radius 1 is 1.17 bits per heavy atom. The third kappa shape index (κ3) is 4.06. The van der Waals surface area contributed by atoms with Crippen molar-refractivity contribution in [1.29, 1.82) is 0 Å². The summed E-state index contributed by atoms with van der Waals surface area (Å²) in [6, 6.07) is 7.34. The lowest BCUT2D eigenvalue weighted by Gasteiger charge is -2.13. The fourth-order valence-corrected chi connectivity index (χ4v) is 3.83. The molecule has 0 bridgehead atoms. The number of alkyl halides is 3. The van der Waals surface area contributed by atoms with Gasteiger partial charge in [0.15, 0.2) is 4.90 Å². The number of nitro benzene ring substituents is 1. The monoisotopic (exact) mass is 427 g/mol. The van der Waals surface area contributed by atoms with Crippen LogP contribution in [0.5, 0.6) is 5.75 Å². The van der Waals surface area contributed by atoms with Gasteiger partial charge in [-0.3, -0.25) is 19.8 Å². The molecule has 0 aliphatic heterocycles. The minimum Gasteiger partial charge on any atom is -0.497 e. The van der Waals surface area contributed by atoms with Crippen LogP contribution in [0, 0.1) is 10.1 Å². The first-order chi connectivity index (χ1) is 13.5. The average molecular weight is 427 g/mol. The van der Waals surface area contributed by atoms with Crippen molar-refractivity contribution < 1.29 is 31.2 Å². The molecule has 0 radical (unpaired) electrons. The van der Waals surface area contributed by atoms with E-state index in [0.717, 1.165) is 0 Å². The summed E-state index contributed by atoms with van der Waals surface area (Å²) in [6.45, 7) is 0. The predicted molar refractivity (Wildman–Crippen MR) is 97.2 cm³/mol. The Balaban J connectivity index is 2.14. The molecule has 3 aromatic rings. The minimum atomic E-state index is -4.87. The molecule has 12 heteroatoms. The van der Waals surface area contributed by atoms with E-state index in [9.17, 15) is 31.7 Å². The summed E-state index contributed by atoms with van der Waals surface area (Å²) in [6.07, 6.45) is -3.46. The van der Waals surface area contributed by atoms with E-state index in [4.69, 9.17) is 4.74 Å². The molecule has 29 heavy (non-hydrogen) atoms. The maximum absolute atomic E-state index is 12.9. The largest absolute Gasteiger partial charge is 0.497 e. The number of hydrogen-bond donors (Lipinski definition) is 1. The minimum absolute atomic E-state index is 0.0471. The third-order valence-electron chi connectivity index (χ3n) is 3.93. The van der Waals surface area contributed by atoms with Crippen LogP contribution in [0.15, 0.2) is 53.6 Å². The van der Waals surface area contributed by atoms with Gasteiger partial charge in [0.05, 0.1) is 28.8 Å². The second-order valence-corrected chi connectivity index (χ2v) is 7.44. The average Bonchev–Trinajstić information content (AvgIpc) is 2.66. The second kappa shape index (κ2) is 7.20. The quantitative estimate of drug-likeness (QED) is 0.487. The van der Waals surface area contributed by atoms with Gasteiger partial charge in [0, 0.05) is 23.7 Å². The first-order valence-corrected chi connectivity index (χ1v) is 9.32. The zero-order valence-electron chi connectivity index (χ0n) is 14.6. The number of aromatic nitrogens is 1. The zero-order chi connectivity index (χ0) is 21.4. The van der Waals surface area contributed by atoms with Gasteiger partial charge in [0.1, 0.15) is 5.75 Å². The maximum atomic E-state index is 12.9. The molecule has 0 saturated carbocycles. The van der Waals surface area contributed by atoms with Crippen LogP contribution in [0.3, 0.4) is 0 Å². The first kappa shape index (κ1) is 20.3. The molecule has 0 unspecified atom stereocenters. The molecule has 1 N–H and O–H groups in total. The van der Waals surface area contributed by atoms with Crippen LogP contribution in [-0.2, 0) is 16.2 Å². The van der Waals surface area contributed by atoms with Gasteiger partial charge in [0.25, 0.3) is 15.7 Å². The van der Waals surface area contributed by atoms with Crippen LogP contribution >= 0.6 is 0 Å². The zero-order valence-corrected chi connectivity index (χ0v) is 15.4. The van der Waals surface area contributed by atoms with E-state index in [0.29, 0.717) is 17.5 Å². The first-order valence-electron chi connectivity index (χ1n) is 7.84. The highest BCUT2D eigenvalue weighted by atomic mass is 32.2. The van der Waals surface area contributed by atoms with E-state index in [1.165, 1.54) is 19.4 Å². The molecule has 0 atom stereocenters. The Kier molecular flexibility index (Phi) is 5.05. The molecule has 0 fully saturated rings. The lowest BCUT2D eigenvalue weighted by molar-refractivity contribution is -0.388. The van der Waals surface area contributed by atoms with Crippen LogP contribution in [0.1, 0.15) is 5.56 Å². The summed E-state index contributed by atoms with van der Waals surface area (Å²) in [5.74, 6) is 0.283. The fraction of sp³-hybridized carbons (Fsp3) is 0.118. The number of anilines is 1. The number of pyridine rings is 1. The van der Waals surface area contributed by atoms with Gasteiger partial charge in [-0.05, 0) is 24.3 Å². The predicted octanol–water partition coefficient (Wildman–Crippen LogP) is 3.97. The van der Waals surface area contributed by atoms with Crippen LogP contribution in [0.2, 0.25) is 0 Å². The van der Waals surface area contributed by atoms with E-state index in [1.54, 1.807) is 18.2 Å². The van der Waals surface area contributed by atoms with E-state index in [1.807, 2.05) is 0 Å². The number of hydrogen-bond acceptors (Lipinski definition) is 6. The van der Waals surface area contributed by atoms with Gasteiger partial charge in [-0.1, -0.05) is 6.07 Å². The van der Waals surface area contributed by atoms with E-state index in [-0.39, 0.29) is 23.0 Å². The summed E-state index contributed by atoms with van der Waals surface area (Å²) in [5, 5.41) is 11.7. The normalized spacial score (nSPS) is 12.0. The van der Waals surface area contributed by atoms with Crippen molar-refractivity contribution in [3.8, 4) is 5.75 Å². The van der Waals surface area contributed by atoms with Gasteiger partial charge in [-0.2, -0.15) is 13.2 Å². The van der Waals surface area contributed by atoms with E-state index >= 15 is 0 Å². The van der Waals surface area contributed by atoms with Crippen molar-refractivity contribution in [2.45, 2.75) is 11.1 Å². The molecule has 1 heterocycles. The van der Waals surface area contributed by atoms with Gasteiger partial charge in [-0.15, -0.1) is 0 Å². The maximum Gasteiger partial charge on any atom is 0.416 e. The standard InChI is InChI=1S/C17H12F3N3O5S/c1-28-12-7-10-3-2-6-21-16(10)13(9-12)22-29(26,27)15-5-4-11(17(18,19)20)8-14(15)23(24)25/h2-9,22H,1H3. The van der Waals surface area contributed by atoms with Crippen molar-refractivity contribution in [3.05, 3.63) is 64.3 Å². The van der Waals surface area contributed by atoms with Crippen LogP contribution in [0.25, 0.3) is 10.9 Å². The molecular formula is C17H12F3N3O5S. The number of benzene rings is 2. The number of fused-ring (bicyclic) bond motifs is 1. The molecule has 1 aromatic heterocycles. The highest BCUT2D eigenvalue weighted by molar-refractivity contribution is 7.92. The van der Waals surface area contributed by atoms with E-state index in [2.05, 4.69) is 9.71 Å². The summed E-state index contributed by atoms with van der Waals surface area (Å²) in [5.41, 5.74) is -2.36. The SMILES string of the molecule is COc1cc(NS(=O)(=O)c2ccc(C(F)(F)F)cc2[N+](=O)[O-])c2ncccc2c1. The Bertz CT molecular complexity index is 1210. The molecule has 3 rings (SSSR count). The smallest absolute Gasteiger partial charge is 0.416 e. The van der Waals surface area contributed by atoms with Gasteiger partial charge in [0.2, 0.25) is 0 Å². The molecule has 0 spiro atoms. The molecule has 8 nitrogen and oxygen atoms in total. The number of methoxy groups -OCH3 is 1. The molecule has 0 aliphatic rings. The molecule has 2 aromatic carbocycles. The highest BCUT2D eigenvalue weighted by Gasteiger charge is 2.35. The number of rotatable bonds is 5. The Morgan fingerprint density at radius 2 is 1.90 bits per heavy atom. The molecule has 0 saturated heterocycles. The van der Waals surface area contributed by atoms with Crippen molar-refractivity contribution >= 4 is 32.3 Å². The number of nitrogens with one attached hydrogen (secondary N) is 1. The van der Waals surface area contributed by atoms with Crippen LogP contribution in [-0.4, -0.2) is 25.4 Å². The van der Waals surface area contributed by atoms with E-state index < -0.39 is 37.3 Å². The van der Waals surface area contributed by atoms with Crippen LogP contribution in [0.4, 0.5) is 24.5 Å². The Labute approximate surface area is 162 Å². The summed E-state index contributed by atoms with van der Waals surface area (Å²) in [4.78, 5) is 13.2. The Hall–Kier alpha value is -3.41. The summed E-state index contributed by atoms with van der Waals surface area (Å²) in [7, 11) is -3.26. The second-order valence-electron chi connectivity index (χ2n) is 5.79. The number of ether oxygens (including phenoxy) is 1. The fourth-order valence-electron chi connectivity index (χ4n) is 2.62. The van der Waals surface area contributed by atoms with Crippen LogP contribution < -0.4 is 9.46 Å². The Morgan fingerprint density at radius 3 is 2.52 bits per heavy atom. The molecule has 0 amide bonds. The van der Waals surface area contributed by atoms with Crippen molar-refractivity contribution in [3.63, 3.8) is 0 Å². The summed E-state index contributed by atoms with van der Waals surface area (Å²) >= 11 is 0. The topological polar surface area (TPSA) is 111 Å². The number of nitrogens with zero attached hydrogens (tertiary/aromatic N) is 2. The third-order valence-corrected chi connectivity index (χ3v) is 5.34. The van der Waals surface area contributed by atoms with Gasteiger partial charge < -0.3 is 4.74 Å². The highest BCUT2D eigenvalue weighted by Crippen LogP contribution is 2.36.